The number of hydrogen-bond donors (Lipinski definition) is 0. The number of aromatic nitrogens is 1. The molecule has 3 heteroatoms. The molecule has 3 rings (SSSR count). The first-order valence-electron chi connectivity index (χ1n) is 6.50. The van der Waals surface area contributed by atoms with Gasteiger partial charge < -0.3 is 9.42 Å². The fraction of sp³-hybridized carbons (Fsp3) is 0.400. The zero-order chi connectivity index (χ0) is 12.5. The van der Waals surface area contributed by atoms with Crippen LogP contribution in [0.25, 0.3) is 0 Å². The molecule has 18 heavy (non-hydrogen) atoms. The van der Waals surface area contributed by atoms with Gasteiger partial charge in [-0.3, -0.25) is 0 Å². The SMILES string of the molecule is Cc1noc(C)c1CN1CCCc2ccccc21. The van der Waals surface area contributed by atoms with E-state index in [2.05, 4.69) is 34.3 Å². The Morgan fingerprint density at radius 3 is 2.89 bits per heavy atom. The maximum Gasteiger partial charge on any atom is 0.138 e. The third-order valence-corrected chi connectivity index (χ3v) is 3.74. The second-order valence-corrected chi connectivity index (χ2v) is 4.96. The standard InChI is InChI=1S/C15H18N2O/c1-11-14(12(2)18-16-11)10-17-9-5-7-13-6-3-4-8-15(13)17/h3-4,6,8H,5,7,9-10H2,1-2H3. The van der Waals surface area contributed by atoms with E-state index in [1.165, 1.54) is 29.7 Å². The van der Waals surface area contributed by atoms with E-state index in [0.29, 0.717) is 0 Å². The second-order valence-electron chi connectivity index (χ2n) is 4.96. The van der Waals surface area contributed by atoms with Crippen molar-refractivity contribution >= 4 is 5.69 Å². The molecule has 0 saturated carbocycles. The Balaban J connectivity index is 1.91. The molecule has 3 nitrogen and oxygen atoms in total. The van der Waals surface area contributed by atoms with Crippen molar-refractivity contribution < 1.29 is 4.52 Å². The summed E-state index contributed by atoms with van der Waals surface area (Å²) in [5, 5.41) is 4.04. The minimum Gasteiger partial charge on any atom is -0.367 e. The molecular formula is C15H18N2O. The fourth-order valence-corrected chi connectivity index (χ4v) is 2.69. The van der Waals surface area contributed by atoms with E-state index in [1.807, 2.05) is 13.8 Å². The molecule has 0 spiro atoms. The van der Waals surface area contributed by atoms with Gasteiger partial charge in [0, 0.05) is 24.3 Å². The van der Waals surface area contributed by atoms with Gasteiger partial charge in [0.05, 0.1) is 5.69 Å². The normalized spacial score (nSPS) is 14.7. The fourth-order valence-electron chi connectivity index (χ4n) is 2.69. The van der Waals surface area contributed by atoms with E-state index in [1.54, 1.807) is 0 Å². The molecule has 0 unspecified atom stereocenters. The van der Waals surface area contributed by atoms with Crippen LogP contribution in [0.1, 0.15) is 29.0 Å². The van der Waals surface area contributed by atoms with Gasteiger partial charge in [-0.05, 0) is 38.3 Å². The number of aryl methyl sites for hydroxylation is 3. The van der Waals surface area contributed by atoms with Crippen molar-refractivity contribution in [1.82, 2.24) is 5.16 Å². The highest BCUT2D eigenvalue weighted by molar-refractivity contribution is 5.55. The van der Waals surface area contributed by atoms with Crippen LogP contribution in [0, 0.1) is 13.8 Å². The molecule has 2 aromatic rings. The maximum atomic E-state index is 5.25. The lowest BCUT2D eigenvalue weighted by atomic mass is 10.0. The summed E-state index contributed by atoms with van der Waals surface area (Å²) in [6.07, 6.45) is 2.41. The van der Waals surface area contributed by atoms with Gasteiger partial charge in [0.1, 0.15) is 5.76 Å². The molecule has 2 heterocycles. The predicted octanol–water partition coefficient (Wildman–Crippen LogP) is 3.24. The Labute approximate surface area is 107 Å². The monoisotopic (exact) mass is 242 g/mol. The number of benzene rings is 1. The Kier molecular flexibility index (Phi) is 2.82. The molecule has 0 atom stereocenters. The Morgan fingerprint density at radius 1 is 1.28 bits per heavy atom. The largest absolute Gasteiger partial charge is 0.367 e. The van der Waals surface area contributed by atoms with Crippen molar-refractivity contribution in [2.75, 3.05) is 11.4 Å². The summed E-state index contributed by atoms with van der Waals surface area (Å²) in [6, 6.07) is 8.68. The topological polar surface area (TPSA) is 29.3 Å². The van der Waals surface area contributed by atoms with E-state index in [0.717, 1.165) is 24.5 Å². The molecule has 0 aliphatic carbocycles. The zero-order valence-electron chi connectivity index (χ0n) is 10.9. The molecule has 0 bridgehead atoms. The Morgan fingerprint density at radius 2 is 2.11 bits per heavy atom. The van der Waals surface area contributed by atoms with E-state index >= 15 is 0 Å². The summed E-state index contributed by atoms with van der Waals surface area (Å²) in [5.41, 5.74) is 5.06. The molecular weight excluding hydrogens is 224 g/mol. The van der Waals surface area contributed by atoms with Gasteiger partial charge >= 0.3 is 0 Å². The summed E-state index contributed by atoms with van der Waals surface area (Å²) < 4.78 is 5.25. The van der Waals surface area contributed by atoms with Crippen LogP contribution in [-0.4, -0.2) is 11.7 Å². The lowest BCUT2D eigenvalue weighted by Gasteiger charge is -2.31. The molecule has 0 fully saturated rings. The van der Waals surface area contributed by atoms with Gasteiger partial charge in [-0.25, -0.2) is 0 Å². The van der Waals surface area contributed by atoms with Crippen molar-refractivity contribution in [1.29, 1.82) is 0 Å². The summed E-state index contributed by atoms with van der Waals surface area (Å²) in [7, 11) is 0. The number of rotatable bonds is 2. The van der Waals surface area contributed by atoms with Crippen LogP contribution >= 0.6 is 0 Å². The minimum absolute atomic E-state index is 0.901. The maximum absolute atomic E-state index is 5.25. The predicted molar refractivity (Wildman–Crippen MR) is 71.8 cm³/mol. The molecule has 0 radical (unpaired) electrons. The van der Waals surface area contributed by atoms with Crippen molar-refractivity contribution in [2.45, 2.75) is 33.2 Å². The Bertz CT molecular complexity index is 540. The van der Waals surface area contributed by atoms with Crippen molar-refractivity contribution in [3.63, 3.8) is 0 Å². The van der Waals surface area contributed by atoms with E-state index in [9.17, 15) is 0 Å². The van der Waals surface area contributed by atoms with E-state index < -0.39 is 0 Å². The Hall–Kier alpha value is -1.77. The summed E-state index contributed by atoms with van der Waals surface area (Å²) in [5.74, 6) is 0.940. The number of hydrogen-bond acceptors (Lipinski definition) is 3. The summed E-state index contributed by atoms with van der Waals surface area (Å²) in [4.78, 5) is 2.44. The average molecular weight is 242 g/mol. The number of para-hydroxylation sites is 1. The van der Waals surface area contributed by atoms with Crippen molar-refractivity contribution in [3.05, 3.63) is 46.8 Å². The van der Waals surface area contributed by atoms with Gasteiger partial charge in [-0.2, -0.15) is 0 Å². The molecule has 1 aromatic carbocycles. The zero-order valence-corrected chi connectivity index (χ0v) is 10.9. The minimum atomic E-state index is 0.901. The van der Waals surface area contributed by atoms with Crippen LogP contribution in [0.5, 0.6) is 0 Å². The van der Waals surface area contributed by atoms with Crippen molar-refractivity contribution in [3.8, 4) is 0 Å². The summed E-state index contributed by atoms with van der Waals surface area (Å²) >= 11 is 0. The number of anilines is 1. The van der Waals surface area contributed by atoms with Gasteiger partial charge in [0.15, 0.2) is 0 Å². The first-order valence-corrected chi connectivity index (χ1v) is 6.50. The highest BCUT2D eigenvalue weighted by Gasteiger charge is 2.19. The van der Waals surface area contributed by atoms with E-state index in [-0.39, 0.29) is 0 Å². The molecule has 1 aliphatic rings. The van der Waals surface area contributed by atoms with Crippen LogP contribution in [0.15, 0.2) is 28.8 Å². The average Bonchev–Trinajstić information content (AvgIpc) is 2.71. The lowest BCUT2D eigenvalue weighted by Crippen LogP contribution is -2.29. The highest BCUT2D eigenvalue weighted by atomic mass is 16.5. The molecule has 1 aliphatic heterocycles. The third-order valence-electron chi connectivity index (χ3n) is 3.74. The van der Waals surface area contributed by atoms with Gasteiger partial charge in [0.25, 0.3) is 0 Å². The third kappa shape index (κ3) is 1.90. The molecule has 0 N–H and O–H groups in total. The molecule has 94 valence electrons. The van der Waals surface area contributed by atoms with Crippen LogP contribution in [-0.2, 0) is 13.0 Å². The van der Waals surface area contributed by atoms with Crippen molar-refractivity contribution in [2.24, 2.45) is 0 Å². The summed E-state index contributed by atoms with van der Waals surface area (Å²) in [6.45, 7) is 6.02. The first-order chi connectivity index (χ1) is 8.75. The van der Waals surface area contributed by atoms with Gasteiger partial charge in [-0.15, -0.1) is 0 Å². The van der Waals surface area contributed by atoms with E-state index in [4.69, 9.17) is 4.52 Å². The molecule has 0 amide bonds. The number of fused-ring (bicyclic) bond motifs is 1. The van der Waals surface area contributed by atoms with Crippen LogP contribution in [0.3, 0.4) is 0 Å². The first kappa shape index (κ1) is 11.3. The smallest absolute Gasteiger partial charge is 0.138 e. The van der Waals surface area contributed by atoms with Crippen LogP contribution < -0.4 is 4.90 Å². The van der Waals surface area contributed by atoms with Crippen LogP contribution in [0.2, 0.25) is 0 Å². The van der Waals surface area contributed by atoms with Gasteiger partial charge in [-0.1, -0.05) is 23.4 Å². The molecule has 1 aromatic heterocycles. The second kappa shape index (κ2) is 4.48. The van der Waals surface area contributed by atoms with Gasteiger partial charge in [0.2, 0.25) is 0 Å². The number of nitrogens with zero attached hydrogens (tertiary/aromatic N) is 2. The lowest BCUT2D eigenvalue weighted by molar-refractivity contribution is 0.392. The quantitative estimate of drug-likeness (QED) is 0.809. The highest BCUT2D eigenvalue weighted by Crippen LogP contribution is 2.29. The van der Waals surface area contributed by atoms with Crippen LogP contribution in [0.4, 0.5) is 5.69 Å². The molecule has 0 saturated heterocycles.